The van der Waals surface area contributed by atoms with Gasteiger partial charge < -0.3 is 14.8 Å². The molecule has 1 heterocycles. The lowest BCUT2D eigenvalue weighted by Gasteiger charge is -2.15. The van der Waals surface area contributed by atoms with E-state index >= 15 is 0 Å². The van der Waals surface area contributed by atoms with E-state index in [-0.39, 0.29) is 18.4 Å². The van der Waals surface area contributed by atoms with Gasteiger partial charge in [0.1, 0.15) is 0 Å². The Hall–Kier alpha value is -3.04. The highest BCUT2D eigenvalue weighted by Crippen LogP contribution is 2.39. The summed E-state index contributed by atoms with van der Waals surface area (Å²) in [7, 11) is 1.51. The molecule has 3 aromatic carbocycles. The molecule has 6 nitrogen and oxygen atoms in total. The first-order chi connectivity index (χ1) is 18.1. The monoisotopic (exact) mass is 586 g/mol. The van der Waals surface area contributed by atoms with E-state index in [0.717, 1.165) is 22.4 Å². The van der Waals surface area contributed by atoms with Crippen molar-refractivity contribution < 1.29 is 19.1 Å². The normalized spacial score (nSPS) is 14.3. The molecule has 3 aromatic rings. The van der Waals surface area contributed by atoms with Gasteiger partial charge in [-0.05, 0) is 73.9 Å². The van der Waals surface area contributed by atoms with Crippen molar-refractivity contribution in [3.8, 4) is 11.5 Å². The molecule has 0 aliphatic carbocycles. The Morgan fingerprint density at radius 1 is 1.03 bits per heavy atom. The number of methoxy groups -OCH3 is 1. The van der Waals surface area contributed by atoms with Gasteiger partial charge in [-0.25, -0.2) is 0 Å². The molecule has 0 bridgehead atoms. The van der Waals surface area contributed by atoms with Crippen LogP contribution in [-0.2, 0) is 9.59 Å². The number of anilines is 2. The van der Waals surface area contributed by atoms with Gasteiger partial charge in [-0.3, -0.25) is 14.5 Å². The predicted octanol–water partition coefficient (Wildman–Crippen LogP) is 7.35. The van der Waals surface area contributed by atoms with Crippen molar-refractivity contribution in [3.63, 3.8) is 0 Å². The number of aryl methyl sites for hydroxylation is 3. The fraction of sp³-hybridized carbons (Fsp3) is 0.179. The highest BCUT2D eigenvalue weighted by Gasteiger charge is 2.33. The van der Waals surface area contributed by atoms with Gasteiger partial charge >= 0.3 is 0 Å². The maximum absolute atomic E-state index is 13.1. The lowest BCUT2D eigenvalue weighted by molar-refractivity contribution is -0.118. The third-order valence-electron chi connectivity index (χ3n) is 5.74. The minimum absolute atomic E-state index is 0.190. The van der Waals surface area contributed by atoms with Crippen molar-refractivity contribution in [1.82, 2.24) is 0 Å². The van der Waals surface area contributed by atoms with Crippen molar-refractivity contribution in [3.05, 3.63) is 85.7 Å². The largest absolute Gasteiger partial charge is 0.493 e. The maximum Gasteiger partial charge on any atom is 0.270 e. The molecule has 4 rings (SSSR count). The molecule has 38 heavy (non-hydrogen) atoms. The fourth-order valence-electron chi connectivity index (χ4n) is 4.06. The molecule has 10 heteroatoms. The van der Waals surface area contributed by atoms with Crippen molar-refractivity contribution in [1.29, 1.82) is 0 Å². The van der Waals surface area contributed by atoms with E-state index in [1.165, 1.54) is 23.8 Å². The number of amides is 2. The van der Waals surface area contributed by atoms with Crippen molar-refractivity contribution >= 4 is 80.8 Å². The smallest absolute Gasteiger partial charge is 0.270 e. The molecule has 0 spiro atoms. The molecular formula is C28H24Cl2N2O4S2. The summed E-state index contributed by atoms with van der Waals surface area (Å²) in [4.78, 5) is 27.5. The van der Waals surface area contributed by atoms with Gasteiger partial charge in [-0.15, -0.1) is 0 Å². The van der Waals surface area contributed by atoms with Crippen LogP contribution < -0.4 is 19.7 Å². The summed E-state index contributed by atoms with van der Waals surface area (Å²) in [5, 5.41) is 3.65. The Morgan fingerprint density at radius 3 is 2.39 bits per heavy atom. The minimum atomic E-state index is -0.280. The summed E-state index contributed by atoms with van der Waals surface area (Å²) < 4.78 is 11.6. The van der Waals surface area contributed by atoms with Crippen molar-refractivity contribution in [2.24, 2.45) is 0 Å². The van der Waals surface area contributed by atoms with E-state index in [0.29, 0.717) is 42.0 Å². The number of carbonyl (C=O) groups excluding carboxylic acids is 2. The molecular weight excluding hydrogens is 563 g/mol. The molecule has 1 aliphatic heterocycles. The number of nitrogens with one attached hydrogen (secondary N) is 1. The average molecular weight is 588 g/mol. The summed E-state index contributed by atoms with van der Waals surface area (Å²) in [5.74, 6) is 0.280. The standard InChI is InChI=1S/C28H24Cl2N2O4S2/c1-15-9-16(2)26(17(3)10-15)31-25(33)14-36-22-8-5-18(11-23(22)35-4)12-24-27(34)32(28(37)38-24)19-6-7-20(29)21(30)13-19/h5-13H,14H2,1-4H3,(H,31,33)/b24-12-. The van der Waals surface area contributed by atoms with Gasteiger partial charge in [0.15, 0.2) is 22.4 Å². The molecule has 0 aromatic heterocycles. The second kappa shape index (κ2) is 11.8. The number of benzene rings is 3. The third-order valence-corrected chi connectivity index (χ3v) is 7.78. The van der Waals surface area contributed by atoms with E-state index in [1.807, 2.05) is 32.9 Å². The first-order valence-corrected chi connectivity index (χ1v) is 13.5. The van der Waals surface area contributed by atoms with Crippen molar-refractivity contribution in [2.75, 3.05) is 23.9 Å². The SMILES string of the molecule is COc1cc(/C=C2\SC(=S)N(c3ccc(Cl)c(Cl)c3)C2=O)ccc1OCC(=O)Nc1c(C)cc(C)cc1C. The Balaban J connectivity index is 1.47. The van der Waals surface area contributed by atoms with Crippen LogP contribution in [0.5, 0.6) is 11.5 Å². The molecule has 1 fully saturated rings. The average Bonchev–Trinajstić information content (AvgIpc) is 3.14. The number of hydrogen-bond donors (Lipinski definition) is 1. The second-order valence-electron chi connectivity index (χ2n) is 8.64. The summed E-state index contributed by atoms with van der Waals surface area (Å²) in [6.07, 6.45) is 1.72. The fourth-order valence-corrected chi connectivity index (χ4v) is 5.65. The molecule has 0 saturated carbocycles. The predicted molar refractivity (Wildman–Crippen MR) is 160 cm³/mol. The molecule has 196 valence electrons. The van der Waals surface area contributed by atoms with E-state index in [1.54, 1.807) is 42.5 Å². The van der Waals surface area contributed by atoms with Crippen LogP contribution in [0.4, 0.5) is 11.4 Å². The van der Waals surface area contributed by atoms with Gasteiger partial charge in [0.2, 0.25) is 0 Å². The Labute approximate surface area is 240 Å². The number of nitrogens with zero attached hydrogens (tertiary/aromatic N) is 1. The molecule has 1 N–H and O–H groups in total. The lowest BCUT2D eigenvalue weighted by Crippen LogP contribution is -2.27. The van der Waals surface area contributed by atoms with Crippen LogP contribution >= 0.6 is 47.2 Å². The molecule has 1 saturated heterocycles. The number of thiocarbonyl (C=S) groups is 1. The first-order valence-electron chi connectivity index (χ1n) is 11.5. The van der Waals surface area contributed by atoms with Crippen LogP contribution in [0, 0.1) is 20.8 Å². The number of carbonyl (C=O) groups is 2. The van der Waals surface area contributed by atoms with Gasteiger partial charge in [-0.1, -0.05) is 70.9 Å². The summed E-state index contributed by atoms with van der Waals surface area (Å²) in [6.45, 7) is 5.74. The molecule has 0 unspecified atom stereocenters. The van der Waals surface area contributed by atoms with Crippen LogP contribution in [0.2, 0.25) is 10.0 Å². The highest BCUT2D eigenvalue weighted by atomic mass is 35.5. The third kappa shape index (κ3) is 6.15. The zero-order valence-corrected chi connectivity index (χ0v) is 24.2. The molecule has 1 aliphatic rings. The number of hydrogen-bond acceptors (Lipinski definition) is 6. The Bertz CT molecular complexity index is 1470. The van der Waals surface area contributed by atoms with Crippen LogP contribution in [0.15, 0.2) is 53.4 Å². The highest BCUT2D eigenvalue weighted by molar-refractivity contribution is 8.27. The Morgan fingerprint density at radius 2 is 1.74 bits per heavy atom. The van der Waals surface area contributed by atoms with E-state index in [9.17, 15) is 9.59 Å². The first kappa shape index (κ1) is 28.0. The topological polar surface area (TPSA) is 67.9 Å². The quantitative estimate of drug-likeness (QED) is 0.230. The zero-order chi connectivity index (χ0) is 27.6. The Kier molecular flexibility index (Phi) is 8.67. The van der Waals surface area contributed by atoms with Gasteiger partial charge in [0, 0.05) is 5.69 Å². The zero-order valence-electron chi connectivity index (χ0n) is 21.1. The van der Waals surface area contributed by atoms with Crippen LogP contribution in [0.25, 0.3) is 6.08 Å². The number of rotatable bonds is 7. The van der Waals surface area contributed by atoms with Crippen LogP contribution in [0.1, 0.15) is 22.3 Å². The van der Waals surface area contributed by atoms with Crippen LogP contribution in [0.3, 0.4) is 0 Å². The number of halogens is 2. The lowest BCUT2D eigenvalue weighted by atomic mass is 10.1. The van der Waals surface area contributed by atoms with E-state index in [2.05, 4.69) is 5.32 Å². The number of ether oxygens (including phenoxy) is 2. The minimum Gasteiger partial charge on any atom is -0.493 e. The molecule has 0 radical (unpaired) electrons. The second-order valence-corrected chi connectivity index (χ2v) is 11.1. The van der Waals surface area contributed by atoms with Gasteiger partial charge in [0.25, 0.3) is 11.8 Å². The number of thioether (sulfide) groups is 1. The summed E-state index contributed by atoms with van der Waals surface area (Å²) >= 11 is 18.7. The maximum atomic E-state index is 13.1. The van der Waals surface area contributed by atoms with E-state index in [4.69, 9.17) is 44.9 Å². The van der Waals surface area contributed by atoms with Gasteiger partial charge in [-0.2, -0.15) is 0 Å². The molecule has 2 amide bonds. The van der Waals surface area contributed by atoms with E-state index < -0.39 is 0 Å². The van der Waals surface area contributed by atoms with Gasteiger partial charge in [0.05, 0.1) is 27.7 Å². The summed E-state index contributed by atoms with van der Waals surface area (Å²) in [5.41, 5.74) is 5.14. The summed E-state index contributed by atoms with van der Waals surface area (Å²) in [6, 6.07) is 14.1. The molecule has 0 atom stereocenters. The van der Waals surface area contributed by atoms with Crippen LogP contribution in [-0.4, -0.2) is 29.9 Å². The van der Waals surface area contributed by atoms with Crippen molar-refractivity contribution in [2.45, 2.75) is 20.8 Å².